The van der Waals surface area contributed by atoms with Crippen molar-refractivity contribution < 1.29 is 4.39 Å². The molecule has 23 heavy (non-hydrogen) atoms. The first-order valence-electron chi connectivity index (χ1n) is 8.01. The Kier molecular flexibility index (Phi) is 3.71. The number of fused-ring (bicyclic) bond motifs is 2. The largest absolute Gasteiger partial charge is 0.355 e. The van der Waals surface area contributed by atoms with Crippen molar-refractivity contribution in [3.63, 3.8) is 0 Å². The van der Waals surface area contributed by atoms with Gasteiger partial charge in [-0.15, -0.1) is 0 Å². The van der Waals surface area contributed by atoms with Crippen molar-refractivity contribution in [1.29, 1.82) is 0 Å². The lowest BCUT2D eigenvalue weighted by molar-refractivity contribution is 0.447. The molecule has 2 heterocycles. The molecule has 0 unspecified atom stereocenters. The Morgan fingerprint density at radius 1 is 1.00 bits per heavy atom. The van der Waals surface area contributed by atoms with Crippen LogP contribution in [0.25, 0.3) is 0 Å². The lowest BCUT2D eigenvalue weighted by Gasteiger charge is -2.24. The Hall–Kier alpha value is -2.40. The zero-order chi connectivity index (χ0) is 15.6. The molecule has 2 aromatic carbocycles. The molecule has 0 spiro atoms. The van der Waals surface area contributed by atoms with Crippen LogP contribution in [-0.4, -0.2) is 36.9 Å². The number of amidine groups is 1. The van der Waals surface area contributed by atoms with Gasteiger partial charge in [-0.05, 0) is 37.2 Å². The molecule has 0 aromatic heterocycles. The van der Waals surface area contributed by atoms with Crippen LogP contribution in [0.15, 0.2) is 47.5 Å². The fourth-order valence-corrected chi connectivity index (χ4v) is 3.11. The van der Waals surface area contributed by atoms with Crippen LogP contribution < -0.4 is 10.6 Å². The van der Waals surface area contributed by atoms with Crippen LogP contribution in [0.2, 0.25) is 0 Å². The van der Waals surface area contributed by atoms with Crippen molar-refractivity contribution in [3.8, 4) is 0 Å². The van der Waals surface area contributed by atoms with Crippen molar-refractivity contribution in [2.45, 2.75) is 6.42 Å². The minimum atomic E-state index is -0.267. The fraction of sp³-hybridized carbons (Fsp3) is 0.278. The van der Waals surface area contributed by atoms with Gasteiger partial charge in [0.25, 0.3) is 0 Å². The molecule has 1 fully saturated rings. The topological polar surface area (TPSA) is 39.7 Å². The van der Waals surface area contributed by atoms with Gasteiger partial charge in [-0.3, -0.25) is 0 Å². The number of hydrogen-bond donors (Lipinski definition) is 2. The molecule has 5 heteroatoms. The first-order chi connectivity index (χ1) is 11.3. The Balaban J connectivity index is 1.85. The van der Waals surface area contributed by atoms with Crippen LogP contribution in [0.4, 0.5) is 21.5 Å². The number of halogens is 1. The van der Waals surface area contributed by atoms with E-state index in [-0.39, 0.29) is 5.82 Å². The maximum atomic E-state index is 13.7. The van der Waals surface area contributed by atoms with Crippen LogP contribution >= 0.6 is 0 Å². The normalized spacial score (nSPS) is 17.3. The zero-order valence-corrected chi connectivity index (χ0v) is 12.8. The first kappa shape index (κ1) is 14.2. The average Bonchev–Trinajstić information content (AvgIpc) is 2.91. The molecule has 1 saturated heterocycles. The van der Waals surface area contributed by atoms with Gasteiger partial charge in [-0.25, -0.2) is 9.38 Å². The van der Waals surface area contributed by atoms with Gasteiger partial charge in [-0.2, -0.15) is 0 Å². The second-order valence-corrected chi connectivity index (χ2v) is 5.86. The summed E-state index contributed by atoms with van der Waals surface area (Å²) in [6.07, 6.45) is 1.07. The zero-order valence-electron chi connectivity index (χ0n) is 12.8. The van der Waals surface area contributed by atoms with E-state index in [9.17, 15) is 4.39 Å². The van der Waals surface area contributed by atoms with E-state index >= 15 is 0 Å². The van der Waals surface area contributed by atoms with E-state index in [1.165, 1.54) is 12.1 Å². The summed E-state index contributed by atoms with van der Waals surface area (Å²) in [5.41, 5.74) is 3.55. The van der Waals surface area contributed by atoms with Crippen LogP contribution in [0.1, 0.15) is 12.0 Å². The lowest BCUT2D eigenvalue weighted by Crippen LogP contribution is -2.34. The molecule has 0 atom stereocenters. The highest BCUT2D eigenvalue weighted by molar-refractivity contribution is 6.07. The molecule has 0 saturated carbocycles. The highest BCUT2D eigenvalue weighted by Gasteiger charge is 2.21. The minimum absolute atomic E-state index is 0.267. The molecule has 118 valence electrons. The second kappa shape index (κ2) is 6.01. The number of aliphatic imine (C=N–C) groups is 1. The van der Waals surface area contributed by atoms with Crippen molar-refractivity contribution >= 4 is 22.9 Å². The van der Waals surface area contributed by atoms with E-state index < -0.39 is 0 Å². The monoisotopic (exact) mass is 310 g/mol. The summed E-state index contributed by atoms with van der Waals surface area (Å²) < 4.78 is 13.7. The van der Waals surface area contributed by atoms with Gasteiger partial charge in [0.2, 0.25) is 0 Å². The number of nitrogens with one attached hydrogen (secondary N) is 2. The second-order valence-electron chi connectivity index (χ2n) is 5.86. The van der Waals surface area contributed by atoms with Crippen molar-refractivity contribution in [3.05, 3.63) is 53.8 Å². The summed E-state index contributed by atoms with van der Waals surface area (Å²) in [5, 5.41) is 6.80. The number of rotatable bonds is 0. The van der Waals surface area contributed by atoms with Crippen molar-refractivity contribution in [2.24, 2.45) is 4.99 Å². The highest BCUT2D eigenvalue weighted by Crippen LogP contribution is 2.35. The molecular formula is C18H19FN4. The van der Waals surface area contributed by atoms with E-state index in [0.717, 1.165) is 55.4 Å². The van der Waals surface area contributed by atoms with E-state index in [4.69, 9.17) is 4.99 Å². The van der Waals surface area contributed by atoms with Crippen LogP contribution in [0, 0.1) is 5.82 Å². The fourth-order valence-electron chi connectivity index (χ4n) is 3.11. The molecule has 0 radical (unpaired) electrons. The highest BCUT2D eigenvalue weighted by atomic mass is 19.1. The summed E-state index contributed by atoms with van der Waals surface area (Å²) >= 11 is 0. The standard InChI is InChI=1S/C18H19FN4/c19-13-6-7-16-17(12-13)22-18(23-10-3-8-20-9-11-23)14-4-1-2-5-15(14)21-16/h1-2,4-7,12,20-21H,3,8-11H2. The Bertz CT molecular complexity index is 748. The molecule has 2 aromatic rings. The van der Waals surface area contributed by atoms with Crippen LogP contribution in [0.5, 0.6) is 0 Å². The Morgan fingerprint density at radius 3 is 2.87 bits per heavy atom. The van der Waals surface area contributed by atoms with Gasteiger partial charge in [0.15, 0.2) is 0 Å². The molecule has 0 aliphatic carbocycles. The third-order valence-electron chi connectivity index (χ3n) is 4.26. The summed E-state index contributed by atoms with van der Waals surface area (Å²) in [7, 11) is 0. The number of para-hydroxylation sites is 1. The van der Waals surface area contributed by atoms with E-state index in [1.807, 2.05) is 18.2 Å². The van der Waals surface area contributed by atoms with Crippen molar-refractivity contribution in [1.82, 2.24) is 10.2 Å². The number of hydrogen-bond acceptors (Lipinski definition) is 4. The molecule has 2 N–H and O–H groups in total. The van der Waals surface area contributed by atoms with Gasteiger partial charge in [0, 0.05) is 37.0 Å². The maximum Gasteiger partial charge on any atom is 0.138 e. The molecule has 0 bridgehead atoms. The first-order valence-corrected chi connectivity index (χ1v) is 8.01. The van der Waals surface area contributed by atoms with E-state index in [1.54, 1.807) is 6.07 Å². The summed E-state index contributed by atoms with van der Waals surface area (Å²) in [6.45, 7) is 3.81. The maximum absolute atomic E-state index is 13.7. The number of anilines is 2. The van der Waals surface area contributed by atoms with Gasteiger partial charge in [0.1, 0.15) is 11.7 Å². The molecule has 0 amide bonds. The van der Waals surface area contributed by atoms with Gasteiger partial charge < -0.3 is 15.5 Å². The van der Waals surface area contributed by atoms with E-state index in [0.29, 0.717) is 5.69 Å². The predicted octanol–water partition coefficient (Wildman–Crippen LogP) is 3.26. The third kappa shape index (κ3) is 2.80. The SMILES string of the molecule is Fc1ccc2c(c1)N=C(N1CCCNCC1)c1ccccc1N2. The average molecular weight is 310 g/mol. The third-order valence-corrected chi connectivity index (χ3v) is 4.26. The van der Waals surface area contributed by atoms with Crippen LogP contribution in [-0.2, 0) is 0 Å². The summed E-state index contributed by atoms with van der Waals surface area (Å²) in [6, 6.07) is 12.8. The van der Waals surface area contributed by atoms with Gasteiger partial charge in [0.05, 0.1) is 11.4 Å². The lowest BCUT2D eigenvalue weighted by atomic mass is 10.1. The number of nitrogens with zero attached hydrogens (tertiary/aromatic N) is 2. The quantitative estimate of drug-likeness (QED) is 0.784. The van der Waals surface area contributed by atoms with Gasteiger partial charge >= 0.3 is 0 Å². The minimum Gasteiger partial charge on any atom is -0.355 e. The molecule has 2 aliphatic rings. The smallest absolute Gasteiger partial charge is 0.138 e. The molecular weight excluding hydrogens is 291 g/mol. The van der Waals surface area contributed by atoms with E-state index in [2.05, 4.69) is 21.6 Å². The molecule has 4 nitrogen and oxygen atoms in total. The van der Waals surface area contributed by atoms with Crippen LogP contribution in [0.3, 0.4) is 0 Å². The Morgan fingerprint density at radius 2 is 1.91 bits per heavy atom. The summed E-state index contributed by atoms with van der Waals surface area (Å²) in [4.78, 5) is 7.11. The Labute approximate surface area is 135 Å². The van der Waals surface area contributed by atoms with Gasteiger partial charge in [-0.1, -0.05) is 12.1 Å². The van der Waals surface area contributed by atoms with Crippen molar-refractivity contribution in [2.75, 3.05) is 31.5 Å². The molecule has 2 aliphatic heterocycles. The molecule has 4 rings (SSSR count). The number of benzene rings is 2. The predicted molar refractivity (Wildman–Crippen MR) is 91.4 cm³/mol. The summed E-state index contributed by atoms with van der Waals surface area (Å²) in [5.74, 6) is 0.651.